The highest BCUT2D eigenvalue weighted by atomic mass is 35.5. The Morgan fingerprint density at radius 3 is 2.81 bits per heavy atom. The van der Waals surface area contributed by atoms with Crippen molar-refractivity contribution in [1.82, 2.24) is 5.32 Å². The standard InChI is InChI=1S/C12H17ClN2O/c1-14-9-10-3-2-4-11(13)12(10)15-5-7-16-8-6-15/h2-4,14H,5-9H2,1H3. The number of ether oxygens (including phenoxy) is 1. The number of para-hydroxylation sites is 1. The SMILES string of the molecule is CNCc1cccc(Cl)c1N1CCOCC1. The second-order valence-electron chi connectivity index (χ2n) is 3.88. The molecular formula is C12H17ClN2O. The molecule has 0 bridgehead atoms. The van der Waals surface area contributed by atoms with E-state index in [4.69, 9.17) is 16.3 Å². The Morgan fingerprint density at radius 2 is 2.12 bits per heavy atom. The van der Waals surface area contributed by atoms with Gasteiger partial charge in [0.2, 0.25) is 0 Å². The van der Waals surface area contributed by atoms with Crippen LogP contribution in [-0.4, -0.2) is 33.4 Å². The van der Waals surface area contributed by atoms with Crippen LogP contribution in [-0.2, 0) is 11.3 Å². The summed E-state index contributed by atoms with van der Waals surface area (Å²) in [6, 6.07) is 6.07. The molecule has 1 aliphatic rings. The number of halogens is 1. The third kappa shape index (κ3) is 2.48. The van der Waals surface area contributed by atoms with Crippen molar-refractivity contribution in [2.45, 2.75) is 6.54 Å². The Labute approximate surface area is 101 Å². The molecule has 0 unspecified atom stereocenters. The molecule has 0 aliphatic carbocycles. The van der Waals surface area contributed by atoms with Gasteiger partial charge in [0.25, 0.3) is 0 Å². The molecule has 1 aromatic rings. The van der Waals surface area contributed by atoms with Gasteiger partial charge in [-0.25, -0.2) is 0 Å². The van der Waals surface area contributed by atoms with E-state index in [1.165, 1.54) is 5.56 Å². The van der Waals surface area contributed by atoms with Crippen molar-refractivity contribution < 1.29 is 4.74 Å². The van der Waals surface area contributed by atoms with E-state index in [2.05, 4.69) is 16.3 Å². The van der Waals surface area contributed by atoms with Crippen molar-refractivity contribution >= 4 is 17.3 Å². The fraction of sp³-hybridized carbons (Fsp3) is 0.500. The third-order valence-corrected chi connectivity index (χ3v) is 3.07. The second-order valence-corrected chi connectivity index (χ2v) is 4.28. The smallest absolute Gasteiger partial charge is 0.0642 e. The summed E-state index contributed by atoms with van der Waals surface area (Å²) < 4.78 is 5.36. The zero-order chi connectivity index (χ0) is 11.4. The molecule has 88 valence electrons. The fourth-order valence-electron chi connectivity index (χ4n) is 2.03. The van der Waals surface area contributed by atoms with Gasteiger partial charge in [0.05, 0.1) is 23.9 Å². The highest BCUT2D eigenvalue weighted by Crippen LogP contribution is 2.30. The topological polar surface area (TPSA) is 24.5 Å². The first-order valence-corrected chi connectivity index (χ1v) is 5.95. The van der Waals surface area contributed by atoms with E-state index in [9.17, 15) is 0 Å². The summed E-state index contributed by atoms with van der Waals surface area (Å²) in [6.45, 7) is 4.24. The molecule has 1 N–H and O–H groups in total. The summed E-state index contributed by atoms with van der Waals surface area (Å²) >= 11 is 6.29. The molecule has 0 atom stereocenters. The van der Waals surface area contributed by atoms with Gasteiger partial charge in [-0.05, 0) is 18.7 Å². The van der Waals surface area contributed by atoms with Gasteiger partial charge in [-0.2, -0.15) is 0 Å². The van der Waals surface area contributed by atoms with Crippen LogP contribution in [0.25, 0.3) is 0 Å². The van der Waals surface area contributed by atoms with Crippen LogP contribution in [0, 0.1) is 0 Å². The molecule has 1 aliphatic heterocycles. The van der Waals surface area contributed by atoms with Gasteiger partial charge in [0.15, 0.2) is 0 Å². The Hall–Kier alpha value is -0.770. The maximum Gasteiger partial charge on any atom is 0.0642 e. The number of nitrogens with zero attached hydrogens (tertiary/aromatic N) is 1. The van der Waals surface area contributed by atoms with Crippen molar-refractivity contribution in [2.75, 3.05) is 38.3 Å². The number of morpholine rings is 1. The van der Waals surface area contributed by atoms with Gasteiger partial charge in [0, 0.05) is 19.6 Å². The fourth-order valence-corrected chi connectivity index (χ4v) is 2.35. The van der Waals surface area contributed by atoms with Crippen molar-refractivity contribution in [1.29, 1.82) is 0 Å². The van der Waals surface area contributed by atoms with Gasteiger partial charge >= 0.3 is 0 Å². The molecule has 0 amide bonds. The minimum atomic E-state index is 0.782. The first-order chi connectivity index (χ1) is 7.83. The third-order valence-electron chi connectivity index (χ3n) is 2.76. The van der Waals surface area contributed by atoms with Crippen LogP contribution in [0.2, 0.25) is 5.02 Å². The van der Waals surface area contributed by atoms with Crippen LogP contribution in [0.1, 0.15) is 5.56 Å². The van der Waals surface area contributed by atoms with E-state index in [0.717, 1.165) is 43.6 Å². The van der Waals surface area contributed by atoms with E-state index in [-0.39, 0.29) is 0 Å². The number of anilines is 1. The number of nitrogens with one attached hydrogen (secondary N) is 1. The second kappa shape index (κ2) is 5.53. The Balaban J connectivity index is 2.28. The molecule has 1 heterocycles. The lowest BCUT2D eigenvalue weighted by Gasteiger charge is -2.31. The van der Waals surface area contributed by atoms with Crippen LogP contribution < -0.4 is 10.2 Å². The van der Waals surface area contributed by atoms with Gasteiger partial charge < -0.3 is 15.0 Å². The number of hydrogen-bond acceptors (Lipinski definition) is 3. The summed E-state index contributed by atoms with van der Waals surface area (Å²) in [4.78, 5) is 2.30. The lowest BCUT2D eigenvalue weighted by molar-refractivity contribution is 0.122. The maximum atomic E-state index is 6.29. The largest absolute Gasteiger partial charge is 0.378 e. The minimum absolute atomic E-state index is 0.782. The Bertz CT molecular complexity index is 351. The predicted octanol–water partition coefficient (Wildman–Crippen LogP) is 1.90. The molecule has 4 heteroatoms. The minimum Gasteiger partial charge on any atom is -0.378 e. The first kappa shape index (κ1) is 11.7. The molecule has 2 rings (SSSR count). The summed E-state index contributed by atoms with van der Waals surface area (Å²) in [5, 5.41) is 4.00. The summed E-state index contributed by atoms with van der Waals surface area (Å²) in [5.74, 6) is 0. The monoisotopic (exact) mass is 240 g/mol. The van der Waals surface area contributed by atoms with Crippen LogP contribution >= 0.6 is 11.6 Å². The highest BCUT2D eigenvalue weighted by molar-refractivity contribution is 6.33. The normalized spacial score (nSPS) is 16.5. The Kier molecular flexibility index (Phi) is 4.04. The van der Waals surface area contributed by atoms with Gasteiger partial charge in [0.1, 0.15) is 0 Å². The van der Waals surface area contributed by atoms with E-state index in [1.807, 2.05) is 19.2 Å². The van der Waals surface area contributed by atoms with Crippen LogP contribution in [0.3, 0.4) is 0 Å². The Morgan fingerprint density at radius 1 is 1.38 bits per heavy atom. The van der Waals surface area contributed by atoms with Crippen molar-refractivity contribution in [3.05, 3.63) is 28.8 Å². The molecule has 1 fully saturated rings. The van der Waals surface area contributed by atoms with E-state index in [0.29, 0.717) is 0 Å². The van der Waals surface area contributed by atoms with Gasteiger partial charge in [-0.15, -0.1) is 0 Å². The zero-order valence-electron chi connectivity index (χ0n) is 9.50. The molecule has 1 aromatic carbocycles. The molecule has 3 nitrogen and oxygen atoms in total. The molecule has 0 aromatic heterocycles. The lowest BCUT2D eigenvalue weighted by Crippen LogP contribution is -2.37. The number of hydrogen-bond donors (Lipinski definition) is 1. The van der Waals surface area contributed by atoms with E-state index < -0.39 is 0 Å². The van der Waals surface area contributed by atoms with Gasteiger partial charge in [-0.3, -0.25) is 0 Å². The van der Waals surface area contributed by atoms with Crippen LogP contribution in [0.15, 0.2) is 18.2 Å². The molecule has 0 radical (unpaired) electrons. The van der Waals surface area contributed by atoms with Crippen molar-refractivity contribution in [3.63, 3.8) is 0 Å². The van der Waals surface area contributed by atoms with Crippen molar-refractivity contribution in [3.8, 4) is 0 Å². The zero-order valence-corrected chi connectivity index (χ0v) is 10.3. The number of benzene rings is 1. The van der Waals surface area contributed by atoms with Crippen LogP contribution in [0.5, 0.6) is 0 Å². The van der Waals surface area contributed by atoms with Crippen LogP contribution in [0.4, 0.5) is 5.69 Å². The summed E-state index contributed by atoms with van der Waals surface area (Å²) in [6.07, 6.45) is 0. The predicted molar refractivity (Wildman–Crippen MR) is 67.2 cm³/mol. The summed E-state index contributed by atoms with van der Waals surface area (Å²) in [5.41, 5.74) is 2.40. The maximum absolute atomic E-state index is 6.29. The first-order valence-electron chi connectivity index (χ1n) is 5.57. The average molecular weight is 241 g/mol. The molecular weight excluding hydrogens is 224 g/mol. The molecule has 0 spiro atoms. The highest BCUT2D eigenvalue weighted by Gasteiger charge is 2.17. The molecule has 1 saturated heterocycles. The number of rotatable bonds is 3. The molecule has 16 heavy (non-hydrogen) atoms. The summed E-state index contributed by atoms with van der Waals surface area (Å²) in [7, 11) is 1.95. The van der Waals surface area contributed by atoms with Gasteiger partial charge in [-0.1, -0.05) is 23.7 Å². The average Bonchev–Trinajstić information content (AvgIpc) is 2.31. The van der Waals surface area contributed by atoms with E-state index in [1.54, 1.807) is 0 Å². The van der Waals surface area contributed by atoms with Crippen molar-refractivity contribution in [2.24, 2.45) is 0 Å². The lowest BCUT2D eigenvalue weighted by atomic mass is 10.1. The van der Waals surface area contributed by atoms with E-state index >= 15 is 0 Å². The molecule has 0 saturated carbocycles. The quantitative estimate of drug-likeness (QED) is 0.874.